The fraction of sp³-hybridized carbons (Fsp3) is 0.500. The van der Waals surface area contributed by atoms with Gasteiger partial charge in [-0.05, 0) is 55.9 Å². The first-order valence-electron chi connectivity index (χ1n) is 8.67. The maximum atomic E-state index is 12.6. The molecule has 0 saturated heterocycles. The summed E-state index contributed by atoms with van der Waals surface area (Å²) in [6.45, 7) is 10.0. The Morgan fingerprint density at radius 3 is 2.75 bits per heavy atom. The number of aryl methyl sites for hydroxylation is 2. The Kier molecular flexibility index (Phi) is 4.24. The van der Waals surface area contributed by atoms with Gasteiger partial charge in [-0.3, -0.25) is 9.48 Å². The lowest BCUT2D eigenvalue weighted by Gasteiger charge is -2.12. The van der Waals surface area contributed by atoms with Gasteiger partial charge in [0.1, 0.15) is 0 Å². The molecule has 128 valence electrons. The largest absolute Gasteiger partial charge is 0.326 e. The molecule has 24 heavy (non-hydrogen) atoms. The molecule has 1 heterocycles. The second kappa shape index (κ2) is 6.08. The molecule has 1 aromatic heterocycles. The fourth-order valence-electron chi connectivity index (χ4n) is 3.71. The highest BCUT2D eigenvalue weighted by Crippen LogP contribution is 2.65. The third kappa shape index (κ3) is 3.23. The maximum Gasteiger partial charge on any atom is 0.258 e. The average molecular weight is 325 g/mol. The minimum atomic E-state index is -0.0857. The van der Waals surface area contributed by atoms with E-state index in [0.717, 1.165) is 17.3 Å². The Morgan fingerprint density at radius 2 is 2.21 bits per heavy atom. The lowest BCUT2D eigenvalue weighted by molar-refractivity contribution is 0.0965. The number of aromatic nitrogens is 2. The Labute approximate surface area is 144 Å². The van der Waals surface area contributed by atoms with Crippen LogP contribution in [-0.2, 0) is 7.05 Å². The van der Waals surface area contributed by atoms with E-state index in [1.54, 1.807) is 17.0 Å². The van der Waals surface area contributed by atoms with Gasteiger partial charge >= 0.3 is 0 Å². The third-order valence-corrected chi connectivity index (χ3v) is 5.53. The van der Waals surface area contributed by atoms with E-state index in [-0.39, 0.29) is 5.91 Å². The first kappa shape index (κ1) is 16.7. The van der Waals surface area contributed by atoms with E-state index >= 15 is 0 Å². The lowest BCUT2D eigenvalue weighted by atomic mass is 9.97. The molecule has 0 bridgehead atoms. The van der Waals surface area contributed by atoms with Crippen molar-refractivity contribution in [3.63, 3.8) is 0 Å². The standard InChI is InChI=1S/C20H27N3O/c1-6-7-8-15(16-11-18(16)20(4)9-10-20)13(2)21-19(24)17-12-23(5)22-14(17)3/h6-8,12,16,18H,1,9-11H2,2-5H3,(H,21,24)/b8-7-,15-13-. The van der Waals surface area contributed by atoms with Gasteiger partial charge in [-0.1, -0.05) is 31.7 Å². The van der Waals surface area contributed by atoms with Gasteiger partial charge in [0.25, 0.3) is 5.91 Å². The first-order valence-corrected chi connectivity index (χ1v) is 8.67. The minimum absolute atomic E-state index is 0.0857. The van der Waals surface area contributed by atoms with E-state index in [9.17, 15) is 4.79 Å². The van der Waals surface area contributed by atoms with Crippen LogP contribution in [0.3, 0.4) is 0 Å². The van der Waals surface area contributed by atoms with Crippen LogP contribution in [0.5, 0.6) is 0 Å². The number of nitrogens with zero attached hydrogens (tertiary/aromatic N) is 2. The number of rotatable bonds is 6. The van der Waals surface area contributed by atoms with Crippen molar-refractivity contribution in [2.24, 2.45) is 24.3 Å². The van der Waals surface area contributed by atoms with Crippen LogP contribution < -0.4 is 5.32 Å². The number of allylic oxidation sites excluding steroid dienone is 5. The minimum Gasteiger partial charge on any atom is -0.326 e. The third-order valence-electron chi connectivity index (χ3n) is 5.53. The van der Waals surface area contributed by atoms with Crippen molar-refractivity contribution in [2.45, 2.75) is 40.0 Å². The monoisotopic (exact) mass is 325 g/mol. The molecule has 1 amide bonds. The number of carbonyl (C=O) groups excluding carboxylic acids is 1. The Balaban J connectivity index is 1.79. The van der Waals surface area contributed by atoms with Crippen LogP contribution in [0.1, 0.15) is 49.2 Å². The van der Waals surface area contributed by atoms with Gasteiger partial charge in [0.15, 0.2) is 0 Å². The van der Waals surface area contributed by atoms with E-state index in [2.05, 4.69) is 30.0 Å². The molecule has 0 radical (unpaired) electrons. The summed E-state index contributed by atoms with van der Waals surface area (Å²) in [7, 11) is 1.83. The summed E-state index contributed by atoms with van der Waals surface area (Å²) in [4.78, 5) is 12.6. The van der Waals surface area contributed by atoms with Gasteiger partial charge in [-0.25, -0.2) is 0 Å². The number of amides is 1. The Bertz CT molecular complexity index is 734. The fourth-order valence-corrected chi connectivity index (χ4v) is 3.71. The van der Waals surface area contributed by atoms with Crippen LogP contribution in [0.15, 0.2) is 42.3 Å². The molecule has 2 saturated carbocycles. The van der Waals surface area contributed by atoms with Crippen molar-refractivity contribution in [1.29, 1.82) is 0 Å². The van der Waals surface area contributed by atoms with Gasteiger partial charge in [0, 0.05) is 18.9 Å². The predicted octanol–water partition coefficient (Wildman–Crippen LogP) is 3.91. The topological polar surface area (TPSA) is 46.9 Å². The van der Waals surface area contributed by atoms with E-state index in [4.69, 9.17) is 0 Å². The Hall–Kier alpha value is -2.10. The lowest BCUT2D eigenvalue weighted by Crippen LogP contribution is -2.23. The Morgan fingerprint density at radius 1 is 1.50 bits per heavy atom. The molecule has 0 aromatic carbocycles. The predicted molar refractivity (Wildman–Crippen MR) is 96.4 cm³/mol. The van der Waals surface area contributed by atoms with Crippen LogP contribution >= 0.6 is 0 Å². The molecule has 2 aliphatic carbocycles. The smallest absolute Gasteiger partial charge is 0.258 e. The van der Waals surface area contributed by atoms with E-state index in [1.165, 1.54) is 24.8 Å². The number of hydrogen-bond acceptors (Lipinski definition) is 2. The van der Waals surface area contributed by atoms with Crippen LogP contribution in [0.25, 0.3) is 0 Å². The highest BCUT2D eigenvalue weighted by molar-refractivity contribution is 5.96. The van der Waals surface area contributed by atoms with Crippen molar-refractivity contribution in [3.05, 3.63) is 53.5 Å². The SMILES string of the molecule is C=C/C=C\C(=C(/C)NC(=O)c1cn(C)nc1C)C1CC1C1(C)CC1. The van der Waals surface area contributed by atoms with Crippen molar-refractivity contribution in [3.8, 4) is 0 Å². The van der Waals surface area contributed by atoms with Crippen LogP contribution in [-0.4, -0.2) is 15.7 Å². The van der Waals surface area contributed by atoms with Crippen LogP contribution in [0.4, 0.5) is 0 Å². The molecule has 3 rings (SSSR count). The molecule has 4 nitrogen and oxygen atoms in total. The van der Waals surface area contributed by atoms with E-state index in [0.29, 0.717) is 16.9 Å². The molecule has 4 heteroatoms. The summed E-state index contributed by atoms with van der Waals surface area (Å²) >= 11 is 0. The number of hydrogen-bond donors (Lipinski definition) is 1. The maximum absolute atomic E-state index is 12.6. The molecule has 2 fully saturated rings. The summed E-state index contributed by atoms with van der Waals surface area (Å²) in [6, 6.07) is 0. The molecule has 1 N–H and O–H groups in total. The number of carbonyl (C=O) groups is 1. The molecule has 1 aromatic rings. The van der Waals surface area contributed by atoms with Gasteiger partial charge in [0.2, 0.25) is 0 Å². The zero-order valence-corrected chi connectivity index (χ0v) is 15.1. The molecule has 0 spiro atoms. The number of nitrogens with one attached hydrogen (secondary N) is 1. The summed E-state index contributed by atoms with van der Waals surface area (Å²) in [5.41, 5.74) is 4.09. The summed E-state index contributed by atoms with van der Waals surface area (Å²) in [5.74, 6) is 1.23. The molecule has 2 aliphatic rings. The first-order chi connectivity index (χ1) is 11.4. The van der Waals surface area contributed by atoms with Crippen molar-refractivity contribution in [2.75, 3.05) is 0 Å². The summed E-state index contributed by atoms with van der Waals surface area (Å²) in [5, 5.41) is 7.32. The second-order valence-corrected chi connectivity index (χ2v) is 7.53. The molecular formula is C20H27N3O. The molecule has 0 aliphatic heterocycles. The molecule has 2 atom stereocenters. The zero-order chi connectivity index (χ0) is 17.5. The quantitative estimate of drug-likeness (QED) is 0.806. The normalized spacial score (nSPS) is 25.3. The summed E-state index contributed by atoms with van der Waals surface area (Å²) < 4.78 is 1.67. The van der Waals surface area contributed by atoms with E-state index in [1.807, 2.05) is 27.0 Å². The van der Waals surface area contributed by atoms with Gasteiger partial charge in [-0.2, -0.15) is 5.10 Å². The van der Waals surface area contributed by atoms with Crippen molar-refractivity contribution < 1.29 is 4.79 Å². The van der Waals surface area contributed by atoms with Crippen LogP contribution in [0.2, 0.25) is 0 Å². The highest BCUT2D eigenvalue weighted by Gasteiger charge is 2.56. The molecular weight excluding hydrogens is 298 g/mol. The van der Waals surface area contributed by atoms with Crippen molar-refractivity contribution >= 4 is 5.91 Å². The van der Waals surface area contributed by atoms with Gasteiger partial charge in [-0.15, -0.1) is 0 Å². The average Bonchev–Trinajstić information content (AvgIpc) is 3.41. The summed E-state index contributed by atoms with van der Waals surface area (Å²) in [6.07, 6.45) is 11.5. The zero-order valence-electron chi connectivity index (χ0n) is 15.1. The van der Waals surface area contributed by atoms with Crippen LogP contribution in [0, 0.1) is 24.2 Å². The molecule has 2 unspecified atom stereocenters. The van der Waals surface area contributed by atoms with Gasteiger partial charge in [0.05, 0.1) is 11.3 Å². The van der Waals surface area contributed by atoms with Gasteiger partial charge < -0.3 is 5.32 Å². The van der Waals surface area contributed by atoms with E-state index < -0.39 is 0 Å². The highest BCUT2D eigenvalue weighted by atomic mass is 16.1. The van der Waals surface area contributed by atoms with Crippen molar-refractivity contribution in [1.82, 2.24) is 15.1 Å². The second-order valence-electron chi connectivity index (χ2n) is 7.53.